The smallest absolute Gasteiger partial charge is 0.201 e. The molecule has 0 unspecified atom stereocenters. The number of sulfone groups is 1. The lowest BCUT2D eigenvalue weighted by Crippen LogP contribution is -2.12. The molecule has 0 bridgehead atoms. The van der Waals surface area contributed by atoms with Crippen LogP contribution in [0.1, 0.15) is 20.1 Å². The van der Waals surface area contributed by atoms with Crippen molar-refractivity contribution in [1.82, 2.24) is 0 Å². The summed E-state index contributed by atoms with van der Waals surface area (Å²) >= 11 is 1.57. The third-order valence-electron chi connectivity index (χ3n) is 2.94. The quantitative estimate of drug-likeness (QED) is 0.793. The van der Waals surface area contributed by atoms with E-state index in [0.717, 1.165) is 16.0 Å². The number of benzene rings is 1. The second-order valence-corrected chi connectivity index (χ2v) is 8.26. The molecule has 112 valence electrons. The molecule has 0 fully saturated rings. The van der Waals surface area contributed by atoms with E-state index in [2.05, 4.69) is 0 Å². The second kappa shape index (κ2) is 5.99. The van der Waals surface area contributed by atoms with Crippen molar-refractivity contribution in [2.75, 3.05) is 12.9 Å². The van der Waals surface area contributed by atoms with Gasteiger partial charge in [0.2, 0.25) is 5.78 Å². The monoisotopic (exact) mass is 324 g/mol. The Bertz CT molecular complexity index is 773. The van der Waals surface area contributed by atoms with Crippen LogP contribution in [0.4, 0.5) is 0 Å². The third kappa shape index (κ3) is 3.92. The molecule has 1 aromatic carbocycles. The van der Waals surface area contributed by atoms with Crippen LogP contribution in [0.5, 0.6) is 5.75 Å². The Morgan fingerprint density at radius 2 is 1.95 bits per heavy atom. The molecule has 0 saturated carbocycles. The molecular weight excluding hydrogens is 308 g/mol. The molecule has 0 aliphatic carbocycles. The highest BCUT2D eigenvalue weighted by molar-refractivity contribution is 7.90. The second-order valence-electron chi connectivity index (χ2n) is 4.79. The first-order valence-corrected chi connectivity index (χ1v) is 9.01. The summed E-state index contributed by atoms with van der Waals surface area (Å²) in [6.45, 7) is 3.74. The van der Waals surface area contributed by atoms with Crippen molar-refractivity contribution in [3.8, 4) is 5.75 Å². The number of Topliss-reactive ketones (excluding diaryl/α,β-unsaturated/α-hetero) is 1. The van der Waals surface area contributed by atoms with Gasteiger partial charge in [-0.2, -0.15) is 0 Å². The number of ether oxygens (including phenoxy) is 1. The van der Waals surface area contributed by atoms with Crippen LogP contribution in [0.3, 0.4) is 0 Å². The van der Waals surface area contributed by atoms with E-state index in [4.69, 9.17) is 4.74 Å². The zero-order chi connectivity index (χ0) is 15.6. The minimum atomic E-state index is -3.28. The van der Waals surface area contributed by atoms with Crippen molar-refractivity contribution in [1.29, 1.82) is 0 Å². The minimum Gasteiger partial charge on any atom is -0.485 e. The van der Waals surface area contributed by atoms with Gasteiger partial charge in [0, 0.05) is 21.6 Å². The lowest BCUT2D eigenvalue weighted by Gasteiger charge is -2.06. The molecule has 1 aromatic heterocycles. The summed E-state index contributed by atoms with van der Waals surface area (Å²) < 4.78 is 28.4. The minimum absolute atomic E-state index is 0.107. The highest BCUT2D eigenvalue weighted by Crippen LogP contribution is 2.22. The predicted octanol–water partition coefficient (Wildman–Crippen LogP) is 3.03. The number of ketones is 1. The zero-order valence-corrected chi connectivity index (χ0v) is 13.7. The number of aryl methyl sites for hydroxylation is 2. The molecule has 4 nitrogen and oxygen atoms in total. The molecule has 2 rings (SSSR count). The zero-order valence-electron chi connectivity index (χ0n) is 12.0. The van der Waals surface area contributed by atoms with Crippen LogP contribution in [-0.4, -0.2) is 27.1 Å². The van der Waals surface area contributed by atoms with Gasteiger partial charge in [-0.15, -0.1) is 11.3 Å². The van der Waals surface area contributed by atoms with E-state index in [1.807, 2.05) is 19.9 Å². The highest BCUT2D eigenvalue weighted by Gasteiger charge is 2.13. The van der Waals surface area contributed by atoms with Gasteiger partial charge in [-0.25, -0.2) is 8.42 Å². The predicted molar refractivity (Wildman–Crippen MR) is 83.2 cm³/mol. The Hall–Kier alpha value is -1.66. The first-order chi connectivity index (χ1) is 9.77. The normalized spacial score (nSPS) is 11.4. The fourth-order valence-corrected chi connectivity index (χ4v) is 3.53. The summed E-state index contributed by atoms with van der Waals surface area (Å²) in [5, 5.41) is 0. The molecule has 1 heterocycles. The van der Waals surface area contributed by atoms with Gasteiger partial charge in [0.25, 0.3) is 0 Å². The fraction of sp³-hybridized carbons (Fsp3) is 0.267. The summed E-state index contributed by atoms with van der Waals surface area (Å²) in [5.41, 5.74) is 0.664. The Kier molecular flexibility index (Phi) is 4.49. The van der Waals surface area contributed by atoms with Gasteiger partial charge < -0.3 is 4.74 Å². The molecule has 0 saturated heterocycles. The van der Waals surface area contributed by atoms with E-state index in [1.165, 1.54) is 12.1 Å². The van der Waals surface area contributed by atoms with Gasteiger partial charge in [-0.05, 0) is 38.1 Å². The standard InChI is InChI=1S/C15H16O4S2/c1-10-7-14(11(2)20-10)15(16)9-19-12-5-4-6-13(8-12)21(3,17)18/h4-8H,9H2,1-3H3. The highest BCUT2D eigenvalue weighted by atomic mass is 32.2. The molecule has 2 aromatic rings. The average molecular weight is 324 g/mol. The SMILES string of the molecule is Cc1cc(C(=O)COc2cccc(S(C)(=O)=O)c2)c(C)s1. The molecule has 0 aliphatic heterocycles. The molecular formula is C15H16O4S2. The molecule has 0 amide bonds. The van der Waals surface area contributed by atoms with Gasteiger partial charge in [0.1, 0.15) is 5.75 Å². The average Bonchev–Trinajstić information content (AvgIpc) is 2.74. The number of carbonyl (C=O) groups excluding carboxylic acids is 1. The topological polar surface area (TPSA) is 60.4 Å². The van der Waals surface area contributed by atoms with Crippen molar-refractivity contribution in [3.63, 3.8) is 0 Å². The van der Waals surface area contributed by atoms with E-state index in [9.17, 15) is 13.2 Å². The summed E-state index contributed by atoms with van der Waals surface area (Å²) in [7, 11) is -3.28. The molecule has 21 heavy (non-hydrogen) atoms. The molecule has 0 atom stereocenters. The van der Waals surface area contributed by atoms with Gasteiger partial charge in [0.15, 0.2) is 16.4 Å². The fourth-order valence-electron chi connectivity index (χ4n) is 1.93. The van der Waals surface area contributed by atoms with Crippen molar-refractivity contribution >= 4 is 27.0 Å². The lowest BCUT2D eigenvalue weighted by molar-refractivity contribution is 0.0921. The van der Waals surface area contributed by atoms with E-state index >= 15 is 0 Å². The maximum atomic E-state index is 12.1. The van der Waals surface area contributed by atoms with Crippen LogP contribution < -0.4 is 4.74 Å². The van der Waals surface area contributed by atoms with Crippen LogP contribution in [0, 0.1) is 13.8 Å². The number of thiophene rings is 1. The van der Waals surface area contributed by atoms with E-state index in [-0.39, 0.29) is 17.3 Å². The number of carbonyl (C=O) groups is 1. The number of hydrogen-bond acceptors (Lipinski definition) is 5. The van der Waals surface area contributed by atoms with Gasteiger partial charge >= 0.3 is 0 Å². The Labute approximate surface area is 128 Å². The first-order valence-electron chi connectivity index (χ1n) is 6.30. The molecule has 0 N–H and O–H groups in total. The summed E-state index contributed by atoms with van der Waals surface area (Å²) in [5.74, 6) is 0.262. The lowest BCUT2D eigenvalue weighted by atomic mass is 10.2. The van der Waals surface area contributed by atoms with Crippen molar-refractivity contribution < 1.29 is 17.9 Å². The summed E-state index contributed by atoms with van der Waals surface area (Å²) in [4.78, 5) is 14.3. The summed E-state index contributed by atoms with van der Waals surface area (Å²) in [6.07, 6.45) is 1.13. The Balaban J connectivity index is 2.10. The molecule has 0 aliphatic rings. The van der Waals surface area contributed by atoms with Gasteiger partial charge in [-0.3, -0.25) is 4.79 Å². The molecule has 0 radical (unpaired) electrons. The molecule has 0 spiro atoms. The van der Waals surface area contributed by atoms with Crippen LogP contribution in [0.2, 0.25) is 0 Å². The van der Waals surface area contributed by atoms with Crippen molar-refractivity contribution in [3.05, 3.63) is 45.6 Å². The van der Waals surface area contributed by atoms with Gasteiger partial charge in [-0.1, -0.05) is 6.07 Å². The van der Waals surface area contributed by atoms with Crippen LogP contribution in [0.15, 0.2) is 35.2 Å². The number of hydrogen-bond donors (Lipinski definition) is 0. The van der Waals surface area contributed by atoms with Crippen LogP contribution >= 0.6 is 11.3 Å². The molecule has 6 heteroatoms. The van der Waals surface area contributed by atoms with Crippen LogP contribution in [-0.2, 0) is 9.84 Å². The van der Waals surface area contributed by atoms with Crippen LogP contribution in [0.25, 0.3) is 0 Å². The van der Waals surface area contributed by atoms with E-state index in [0.29, 0.717) is 11.3 Å². The number of rotatable bonds is 5. The largest absolute Gasteiger partial charge is 0.485 e. The summed E-state index contributed by atoms with van der Waals surface area (Å²) in [6, 6.07) is 7.99. The van der Waals surface area contributed by atoms with Gasteiger partial charge in [0.05, 0.1) is 4.90 Å². The maximum absolute atomic E-state index is 12.1. The van der Waals surface area contributed by atoms with Crippen molar-refractivity contribution in [2.45, 2.75) is 18.7 Å². The maximum Gasteiger partial charge on any atom is 0.201 e. The Morgan fingerprint density at radius 3 is 2.52 bits per heavy atom. The third-order valence-corrected chi connectivity index (χ3v) is 5.02. The Morgan fingerprint density at radius 1 is 1.24 bits per heavy atom. The van der Waals surface area contributed by atoms with E-state index < -0.39 is 9.84 Å². The first kappa shape index (κ1) is 15.7. The van der Waals surface area contributed by atoms with E-state index in [1.54, 1.807) is 23.5 Å². The van der Waals surface area contributed by atoms with Crippen molar-refractivity contribution in [2.24, 2.45) is 0 Å².